The summed E-state index contributed by atoms with van der Waals surface area (Å²) in [6.45, 7) is 0. The first-order valence-electron chi connectivity index (χ1n) is 7.99. The smallest absolute Gasteiger partial charge is 0.126 e. The molecular formula is C22H18O. The predicted molar refractivity (Wildman–Crippen MR) is 96.1 cm³/mol. The second-order valence-corrected chi connectivity index (χ2v) is 5.93. The van der Waals surface area contributed by atoms with Gasteiger partial charge in [0.2, 0.25) is 0 Å². The van der Waals surface area contributed by atoms with Gasteiger partial charge in [0.15, 0.2) is 0 Å². The molecule has 0 saturated carbocycles. The van der Waals surface area contributed by atoms with E-state index in [0.717, 1.165) is 29.5 Å². The van der Waals surface area contributed by atoms with Crippen molar-refractivity contribution < 1.29 is 5.11 Å². The van der Waals surface area contributed by atoms with Gasteiger partial charge in [-0.15, -0.1) is 0 Å². The number of aliphatic hydroxyl groups is 1. The zero-order valence-corrected chi connectivity index (χ0v) is 12.9. The molecule has 3 aromatic carbocycles. The van der Waals surface area contributed by atoms with Gasteiger partial charge >= 0.3 is 0 Å². The number of rotatable bonds is 2. The zero-order chi connectivity index (χ0) is 15.6. The Kier molecular flexibility index (Phi) is 3.47. The van der Waals surface area contributed by atoms with Gasteiger partial charge in [0.25, 0.3) is 0 Å². The maximum Gasteiger partial charge on any atom is 0.126 e. The lowest BCUT2D eigenvalue weighted by atomic mass is 9.85. The van der Waals surface area contributed by atoms with Crippen molar-refractivity contribution in [3.8, 4) is 11.1 Å². The van der Waals surface area contributed by atoms with E-state index < -0.39 is 0 Å². The zero-order valence-electron chi connectivity index (χ0n) is 12.9. The lowest BCUT2D eigenvalue weighted by molar-refractivity contribution is 0.508. The summed E-state index contributed by atoms with van der Waals surface area (Å²) in [6, 6.07) is 26.9. The second-order valence-electron chi connectivity index (χ2n) is 5.93. The van der Waals surface area contributed by atoms with E-state index in [-0.39, 0.29) is 0 Å². The van der Waals surface area contributed by atoms with Crippen molar-refractivity contribution in [1.29, 1.82) is 0 Å². The van der Waals surface area contributed by atoms with E-state index in [1.807, 2.05) is 24.3 Å². The van der Waals surface area contributed by atoms with Gasteiger partial charge in [0, 0.05) is 11.1 Å². The molecule has 1 aliphatic carbocycles. The number of allylic oxidation sites excluding steroid dienone is 1. The van der Waals surface area contributed by atoms with Gasteiger partial charge in [0.1, 0.15) is 5.76 Å². The molecular weight excluding hydrogens is 280 g/mol. The summed E-state index contributed by atoms with van der Waals surface area (Å²) in [5.74, 6) is 0.428. The third-order valence-electron chi connectivity index (χ3n) is 4.52. The van der Waals surface area contributed by atoms with Crippen molar-refractivity contribution in [3.05, 3.63) is 95.6 Å². The molecule has 1 aliphatic rings. The summed E-state index contributed by atoms with van der Waals surface area (Å²) >= 11 is 0. The number of fused-ring (bicyclic) bond motifs is 1. The first-order valence-corrected chi connectivity index (χ1v) is 7.99. The van der Waals surface area contributed by atoms with Crippen LogP contribution in [0.4, 0.5) is 0 Å². The van der Waals surface area contributed by atoms with Crippen LogP contribution in [0.5, 0.6) is 0 Å². The highest BCUT2D eigenvalue weighted by molar-refractivity contribution is 5.90. The molecule has 0 fully saturated rings. The maximum atomic E-state index is 10.7. The summed E-state index contributed by atoms with van der Waals surface area (Å²) in [4.78, 5) is 0. The summed E-state index contributed by atoms with van der Waals surface area (Å²) in [6.07, 6.45) is 1.84. The molecule has 1 nitrogen and oxygen atoms in total. The normalized spacial score (nSPS) is 13.7. The van der Waals surface area contributed by atoms with Gasteiger partial charge in [-0.1, -0.05) is 78.9 Å². The highest BCUT2D eigenvalue weighted by Crippen LogP contribution is 2.36. The Morgan fingerprint density at radius 2 is 1.26 bits per heavy atom. The van der Waals surface area contributed by atoms with E-state index in [1.54, 1.807) is 0 Å². The van der Waals surface area contributed by atoms with Crippen LogP contribution in [0.3, 0.4) is 0 Å². The second kappa shape index (κ2) is 5.77. The minimum Gasteiger partial charge on any atom is -0.507 e. The van der Waals surface area contributed by atoms with Crippen molar-refractivity contribution in [2.24, 2.45) is 0 Å². The highest BCUT2D eigenvalue weighted by atomic mass is 16.3. The Balaban J connectivity index is 1.77. The van der Waals surface area contributed by atoms with Crippen molar-refractivity contribution in [1.82, 2.24) is 0 Å². The first kappa shape index (κ1) is 13.8. The van der Waals surface area contributed by atoms with E-state index >= 15 is 0 Å². The fourth-order valence-corrected chi connectivity index (χ4v) is 3.30. The first-order chi connectivity index (χ1) is 11.3. The molecule has 1 N–H and O–H groups in total. The van der Waals surface area contributed by atoms with Crippen LogP contribution in [0.1, 0.15) is 23.1 Å². The molecule has 0 saturated heterocycles. The van der Waals surface area contributed by atoms with Crippen LogP contribution in [0, 0.1) is 0 Å². The quantitative estimate of drug-likeness (QED) is 0.641. The van der Waals surface area contributed by atoms with Crippen LogP contribution in [0.15, 0.2) is 78.9 Å². The van der Waals surface area contributed by atoms with E-state index in [9.17, 15) is 5.11 Å². The summed E-state index contributed by atoms with van der Waals surface area (Å²) in [5, 5.41) is 10.7. The highest BCUT2D eigenvalue weighted by Gasteiger charge is 2.19. The molecule has 3 aromatic rings. The molecule has 0 atom stereocenters. The van der Waals surface area contributed by atoms with Crippen LogP contribution >= 0.6 is 0 Å². The SMILES string of the molecule is OC1=C(c2ccccc2)CCc2cc(-c3ccccc3)ccc21. The third-order valence-corrected chi connectivity index (χ3v) is 4.52. The molecule has 4 rings (SSSR count). The van der Waals surface area contributed by atoms with Crippen molar-refractivity contribution in [2.75, 3.05) is 0 Å². The number of hydrogen-bond acceptors (Lipinski definition) is 1. The van der Waals surface area contributed by atoms with Gasteiger partial charge in [-0.2, -0.15) is 0 Å². The molecule has 23 heavy (non-hydrogen) atoms. The van der Waals surface area contributed by atoms with Crippen LogP contribution in [-0.2, 0) is 6.42 Å². The van der Waals surface area contributed by atoms with Crippen molar-refractivity contribution in [2.45, 2.75) is 12.8 Å². The predicted octanol–water partition coefficient (Wildman–Crippen LogP) is 5.73. The van der Waals surface area contributed by atoms with Gasteiger partial charge in [-0.25, -0.2) is 0 Å². The van der Waals surface area contributed by atoms with E-state index in [1.165, 1.54) is 16.7 Å². The van der Waals surface area contributed by atoms with Crippen molar-refractivity contribution in [3.63, 3.8) is 0 Å². The number of benzene rings is 3. The molecule has 0 heterocycles. The topological polar surface area (TPSA) is 20.2 Å². The van der Waals surface area contributed by atoms with Crippen LogP contribution < -0.4 is 0 Å². The van der Waals surface area contributed by atoms with Gasteiger partial charge < -0.3 is 5.11 Å². The molecule has 0 amide bonds. The maximum absolute atomic E-state index is 10.7. The number of hydrogen-bond donors (Lipinski definition) is 1. The lowest BCUT2D eigenvalue weighted by Crippen LogP contribution is -2.04. The van der Waals surface area contributed by atoms with E-state index in [2.05, 4.69) is 54.6 Å². The summed E-state index contributed by atoms with van der Waals surface area (Å²) < 4.78 is 0. The average molecular weight is 298 g/mol. The molecule has 0 aliphatic heterocycles. The summed E-state index contributed by atoms with van der Waals surface area (Å²) in [7, 11) is 0. The van der Waals surface area contributed by atoms with Crippen LogP contribution in [0.2, 0.25) is 0 Å². The Bertz CT molecular complexity index is 861. The Morgan fingerprint density at radius 1 is 0.609 bits per heavy atom. The molecule has 1 heteroatoms. The fourth-order valence-electron chi connectivity index (χ4n) is 3.30. The molecule has 0 spiro atoms. The molecule has 0 aromatic heterocycles. The largest absolute Gasteiger partial charge is 0.507 e. The Hall–Kier alpha value is -2.80. The lowest BCUT2D eigenvalue weighted by Gasteiger charge is -2.21. The summed E-state index contributed by atoms with van der Waals surface area (Å²) in [5.41, 5.74) is 6.78. The molecule has 112 valence electrons. The minimum atomic E-state index is 0.428. The number of aryl methyl sites for hydroxylation is 1. The fraction of sp³-hybridized carbons (Fsp3) is 0.0909. The molecule has 0 radical (unpaired) electrons. The van der Waals surface area contributed by atoms with Crippen molar-refractivity contribution >= 4 is 11.3 Å². The standard InChI is InChI=1S/C22H18O/c23-22-20(17-9-5-2-6-10-17)14-12-19-15-18(11-13-21(19)22)16-7-3-1-4-8-16/h1-11,13,15,23H,12,14H2. The third kappa shape index (κ3) is 2.55. The van der Waals surface area contributed by atoms with E-state index in [0.29, 0.717) is 5.76 Å². The van der Waals surface area contributed by atoms with E-state index in [4.69, 9.17) is 0 Å². The van der Waals surface area contributed by atoms with Gasteiger partial charge in [-0.05, 0) is 35.1 Å². The number of aliphatic hydroxyl groups excluding tert-OH is 1. The van der Waals surface area contributed by atoms with Gasteiger partial charge in [0.05, 0.1) is 0 Å². The Labute approximate surface area is 136 Å². The molecule has 0 bridgehead atoms. The van der Waals surface area contributed by atoms with Crippen LogP contribution in [-0.4, -0.2) is 5.11 Å². The van der Waals surface area contributed by atoms with Crippen LogP contribution in [0.25, 0.3) is 22.5 Å². The average Bonchev–Trinajstić information content (AvgIpc) is 2.63. The minimum absolute atomic E-state index is 0.428. The monoisotopic (exact) mass is 298 g/mol. The Morgan fingerprint density at radius 3 is 1.96 bits per heavy atom. The molecule has 0 unspecified atom stereocenters. The van der Waals surface area contributed by atoms with Gasteiger partial charge in [-0.3, -0.25) is 0 Å².